The normalized spacial score (nSPS) is 23.0. The summed E-state index contributed by atoms with van der Waals surface area (Å²) in [6, 6.07) is 4.68. The van der Waals surface area contributed by atoms with Gasteiger partial charge >= 0.3 is 6.03 Å². The third-order valence-electron chi connectivity index (χ3n) is 10.5. The number of piperidine rings is 1. The Morgan fingerprint density at radius 1 is 1.04 bits per heavy atom. The van der Waals surface area contributed by atoms with Crippen LogP contribution in [0.3, 0.4) is 0 Å². The summed E-state index contributed by atoms with van der Waals surface area (Å²) in [6.07, 6.45) is 3.17. The van der Waals surface area contributed by atoms with Crippen molar-refractivity contribution in [1.29, 1.82) is 0 Å². The van der Waals surface area contributed by atoms with Gasteiger partial charge in [0.1, 0.15) is 18.1 Å². The number of hydrogen-bond acceptors (Lipinski definition) is 6. The van der Waals surface area contributed by atoms with Crippen LogP contribution < -0.4 is 21.7 Å². The van der Waals surface area contributed by atoms with Gasteiger partial charge in [-0.3, -0.25) is 24.0 Å². The SMILES string of the molecule is C=C(C)[C@H](NC(=O)N[C@H](C(=O)N1C[C@H]2[C@@H]([C@H]1C(=O)NC(CC1CCC1)C(=O)C(N)=O)C2(C)C)C(C)(C)C)C(=O)N(C)Cc1ccccc1. The minimum Gasteiger partial charge on any atom is -0.363 e. The number of Topliss-reactive ketones (excluding diaryl/α,β-unsaturated/α-hetero) is 1. The number of fused-ring (bicyclic) bond motifs is 1. The third kappa shape index (κ3) is 7.90. The Morgan fingerprint density at radius 2 is 1.67 bits per heavy atom. The minimum atomic E-state index is -1.11. The average Bonchev–Trinajstić information content (AvgIpc) is 3.30. The number of nitrogens with one attached hydrogen (secondary N) is 3. The minimum absolute atomic E-state index is 0.0501. The zero-order valence-electron chi connectivity index (χ0n) is 29.3. The largest absolute Gasteiger partial charge is 0.363 e. The van der Waals surface area contributed by atoms with Gasteiger partial charge in [0.05, 0.1) is 6.04 Å². The fourth-order valence-corrected chi connectivity index (χ4v) is 7.21. The fourth-order valence-electron chi connectivity index (χ4n) is 7.21. The molecule has 0 radical (unpaired) electrons. The summed E-state index contributed by atoms with van der Waals surface area (Å²) in [5.74, 6) is -3.16. The van der Waals surface area contributed by atoms with Crippen LogP contribution in [0.5, 0.6) is 0 Å². The number of urea groups is 1. The molecule has 1 saturated heterocycles. The van der Waals surface area contributed by atoms with Crippen LogP contribution in [0.2, 0.25) is 0 Å². The van der Waals surface area contributed by atoms with E-state index in [1.807, 2.05) is 44.2 Å². The number of likely N-dealkylation sites (N-methyl/N-ethyl adjacent to an activating group) is 1. The highest BCUT2D eigenvalue weighted by atomic mass is 16.2. The van der Waals surface area contributed by atoms with Crippen molar-refractivity contribution in [1.82, 2.24) is 25.8 Å². The maximum atomic E-state index is 14.3. The quantitative estimate of drug-likeness (QED) is 0.187. The van der Waals surface area contributed by atoms with Crippen molar-refractivity contribution in [3.63, 3.8) is 0 Å². The Kier molecular flexibility index (Phi) is 10.8. The second kappa shape index (κ2) is 14.1. The maximum Gasteiger partial charge on any atom is 0.316 e. The van der Waals surface area contributed by atoms with Gasteiger partial charge in [0.15, 0.2) is 0 Å². The summed E-state index contributed by atoms with van der Waals surface area (Å²) in [7, 11) is 1.64. The third-order valence-corrected chi connectivity index (χ3v) is 10.5. The van der Waals surface area contributed by atoms with Crippen molar-refractivity contribution in [2.45, 2.75) is 97.9 Å². The molecule has 12 nitrogen and oxygen atoms in total. The van der Waals surface area contributed by atoms with Crippen LogP contribution >= 0.6 is 0 Å². The number of rotatable bonds is 13. The van der Waals surface area contributed by atoms with E-state index in [-0.39, 0.29) is 29.1 Å². The number of likely N-dealkylation sites (tertiary alicyclic amines) is 1. The van der Waals surface area contributed by atoms with Gasteiger partial charge in [-0.05, 0) is 53.1 Å². The molecule has 1 aromatic rings. The van der Waals surface area contributed by atoms with Gasteiger partial charge in [-0.25, -0.2) is 4.79 Å². The van der Waals surface area contributed by atoms with Crippen LogP contribution in [0.4, 0.5) is 4.79 Å². The first kappa shape index (κ1) is 36.6. The topological polar surface area (TPSA) is 171 Å². The molecule has 5 N–H and O–H groups in total. The second-order valence-corrected chi connectivity index (χ2v) is 15.6. The number of hydrogen-bond donors (Lipinski definition) is 4. The predicted molar refractivity (Wildman–Crippen MR) is 181 cm³/mol. The van der Waals surface area contributed by atoms with Gasteiger partial charge < -0.3 is 31.5 Å². The number of nitrogens with zero attached hydrogens (tertiary/aromatic N) is 2. The van der Waals surface area contributed by atoms with Gasteiger partial charge in [-0.15, -0.1) is 0 Å². The first-order valence-electron chi connectivity index (χ1n) is 16.8. The lowest BCUT2D eigenvalue weighted by molar-refractivity contribution is -0.145. The Bertz CT molecular complexity index is 1450. The Hall–Kier alpha value is -4.22. The van der Waals surface area contributed by atoms with Crippen molar-refractivity contribution in [3.8, 4) is 0 Å². The zero-order chi connectivity index (χ0) is 35.7. The van der Waals surface area contributed by atoms with Crippen molar-refractivity contribution in [2.24, 2.45) is 34.3 Å². The van der Waals surface area contributed by atoms with Gasteiger partial charge in [0.2, 0.25) is 23.5 Å². The van der Waals surface area contributed by atoms with Crippen LogP contribution in [-0.4, -0.2) is 83.0 Å². The molecular weight excluding hydrogens is 612 g/mol. The molecule has 0 bridgehead atoms. The van der Waals surface area contributed by atoms with Crippen LogP contribution in [0, 0.1) is 28.6 Å². The Balaban J connectivity index is 1.50. The Labute approximate surface area is 283 Å². The van der Waals surface area contributed by atoms with E-state index in [1.165, 1.54) is 9.80 Å². The zero-order valence-corrected chi connectivity index (χ0v) is 29.3. The first-order valence-corrected chi connectivity index (χ1v) is 16.8. The van der Waals surface area contributed by atoms with E-state index in [0.29, 0.717) is 25.1 Å². The molecule has 0 spiro atoms. The van der Waals surface area contributed by atoms with Gasteiger partial charge in [-0.2, -0.15) is 0 Å². The van der Waals surface area contributed by atoms with E-state index < -0.39 is 59.1 Å². The molecular formula is C36H52N6O6. The van der Waals surface area contributed by atoms with Crippen LogP contribution in [-0.2, 0) is 30.5 Å². The standard InChI is InChI=1S/C36H52N6O6/c1-20(2)26(32(46)41(8)18-22-13-10-9-11-14-22)39-34(48)40-29(35(3,4)5)33(47)42-19-23-25(36(23,6)7)27(42)31(45)38-24(28(43)30(37)44)17-21-15-12-16-21/h9-11,13-14,21,23-27,29H,1,12,15-19H2,2-8H3,(H2,37,44)(H,38,45)(H2,39,40,48)/t23-,24?,25-,26-,27-,29+/m0/s1. The highest BCUT2D eigenvalue weighted by molar-refractivity contribution is 6.37. The van der Waals surface area contributed by atoms with E-state index >= 15 is 0 Å². The lowest BCUT2D eigenvalue weighted by Gasteiger charge is -2.38. The average molecular weight is 665 g/mol. The molecule has 1 heterocycles. The second-order valence-electron chi connectivity index (χ2n) is 15.6. The van der Waals surface area contributed by atoms with Crippen molar-refractivity contribution >= 4 is 35.4 Å². The maximum absolute atomic E-state index is 14.3. The van der Waals surface area contributed by atoms with Gasteiger partial charge in [-0.1, -0.05) is 90.8 Å². The lowest BCUT2D eigenvalue weighted by atomic mass is 9.80. The van der Waals surface area contributed by atoms with Crippen molar-refractivity contribution < 1.29 is 28.8 Å². The van der Waals surface area contributed by atoms with E-state index in [9.17, 15) is 28.8 Å². The summed E-state index contributed by atoms with van der Waals surface area (Å²) >= 11 is 0. The fraction of sp³-hybridized carbons (Fsp3) is 0.611. The summed E-state index contributed by atoms with van der Waals surface area (Å²) in [5.41, 5.74) is 5.70. The molecule has 1 aromatic carbocycles. The summed E-state index contributed by atoms with van der Waals surface area (Å²) < 4.78 is 0. The highest BCUT2D eigenvalue weighted by Crippen LogP contribution is 2.65. The molecule has 48 heavy (non-hydrogen) atoms. The van der Waals surface area contributed by atoms with E-state index in [2.05, 4.69) is 22.5 Å². The molecule has 0 aromatic heterocycles. The summed E-state index contributed by atoms with van der Waals surface area (Å²) in [4.78, 5) is 82.7. The predicted octanol–water partition coefficient (Wildman–Crippen LogP) is 2.52. The molecule has 6 amide bonds. The molecule has 6 atom stereocenters. The highest BCUT2D eigenvalue weighted by Gasteiger charge is 2.70. The van der Waals surface area contributed by atoms with E-state index in [1.54, 1.807) is 34.7 Å². The molecule has 3 aliphatic rings. The van der Waals surface area contributed by atoms with Crippen molar-refractivity contribution in [2.75, 3.05) is 13.6 Å². The van der Waals surface area contributed by atoms with Crippen LogP contribution in [0.1, 0.15) is 72.8 Å². The van der Waals surface area contributed by atoms with Crippen LogP contribution in [0.15, 0.2) is 42.5 Å². The number of primary amides is 1. The summed E-state index contributed by atoms with van der Waals surface area (Å²) in [6.45, 7) is 15.7. The van der Waals surface area contributed by atoms with Crippen molar-refractivity contribution in [3.05, 3.63) is 48.0 Å². The monoisotopic (exact) mass is 664 g/mol. The molecule has 1 unspecified atom stereocenters. The molecule has 262 valence electrons. The molecule has 4 rings (SSSR count). The molecule has 1 aliphatic heterocycles. The number of nitrogens with two attached hydrogens (primary N) is 1. The molecule has 3 fully saturated rings. The lowest BCUT2D eigenvalue weighted by Crippen LogP contribution is -2.62. The molecule has 2 aliphatic carbocycles. The number of carbonyl (C=O) groups excluding carboxylic acids is 6. The molecule has 2 saturated carbocycles. The smallest absolute Gasteiger partial charge is 0.316 e. The number of carbonyl (C=O) groups is 6. The molecule has 12 heteroatoms. The summed E-state index contributed by atoms with van der Waals surface area (Å²) in [5, 5.41) is 8.27. The number of ketones is 1. The van der Waals surface area contributed by atoms with Crippen LogP contribution in [0.25, 0.3) is 0 Å². The first-order chi connectivity index (χ1) is 22.3. The van der Waals surface area contributed by atoms with Gasteiger partial charge in [0.25, 0.3) is 5.91 Å². The Morgan fingerprint density at radius 3 is 2.19 bits per heavy atom. The number of amides is 6. The number of benzene rings is 1. The van der Waals surface area contributed by atoms with Gasteiger partial charge in [0, 0.05) is 20.1 Å². The van der Waals surface area contributed by atoms with E-state index in [0.717, 1.165) is 24.8 Å². The van der Waals surface area contributed by atoms with E-state index in [4.69, 9.17) is 5.73 Å².